The lowest BCUT2D eigenvalue weighted by atomic mass is 10.0. The Morgan fingerprint density at radius 2 is 1.43 bits per heavy atom. The summed E-state index contributed by atoms with van der Waals surface area (Å²) in [5.41, 5.74) is 1.75. The van der Waals surface area contributed by atoms with Gasteiger partial charge in [-0.05, 0) is 17.5 Å². The monoisotopic (exact) mass is 302 g/mol. The first-order valence-corrected chi connectivity index (χ1v) is 8.14. The second-order valence-electron chi connectivity index (χ2n) is 4.77. The van der Waals surface area contributed by atoms with Gasteiger partial charge in [0.2, 0.25) is 0 Å². The molecule has 3 nitrogen and oxygen atoms in total. The van der Waals surface area contributed by atoms with E-state index in [4.69, 9.17) is 0 Å². The van der Waals surface area contributed by atoms with Crippen molar-refractivity contribution in [2.75, 3.05) is 0 Å². The van der Waals surface area contributed by atoms with Crippen LogP contribution in [0, 0.1) is 0 Å². The molecule has 0 aromatic heterocycles. The van der Waals surface area contributed by atoms with Crippen LogP contribution < -0.4 is 0 Å². The minimum absolute atomic E-state index is 0.345. The smallest absolute Gasteiger partial charge is 0.319 e. The van der Waals surface area contributed by atoms with Crippen molar-refractivity contribution in [1.29, 1.82) is 0 Å². The van der Waals surface area contributed by atoms with Crippen LogP contribution in [0.25, 0.3) is 0 Å². The predicted molar refractivity (Wildman–Crippen MR) is 84.6 cm³/mol. The Morgan fingerprint density at radius 1 is 1.00 bits per heavy atom. The molecule has 0 amide bonds. The Balaban J connectivity index is 2.47. The van der Waals surface area contributed by atoms with Crippen molar-refractivity contribution in [3.63, 3.8) is 0 Å². The maximum Gasteiger partial charge on any atom is 0.319 e. The van der Waals surface area contributed by atoms with E-state index < -0.39 is 27.3 Å². The van der Waals surface area contributed by atoms with E-state index in [9.17, 15) is 14.1 Å². The van der Waals surface area contributed by atoms with Crippen LogP contribution in [0.4, 0.5) is 0 Å². The van der Waals surface area contributed by atoms with Gasteiger partial charge in [-0.15, -0.1) is 0 Å². The molecule has 2 rings (SSSR count). The molecule has 2 aromatic carbocycles. The summed E-state index contributed by atoms with van der Waals surface area (Å²) in [6.07, 6.45) is 0.345. The zero-order valence-corrected chi connectivity index (χ0v) is 12.6. The molecule has 4 heteroatoms. The van der Waals surface area contributed by atoms with E-state index in [2.05, 4.69) is 0 Å². The third kappa shape index (κ3) is 3.58. The zero-order valence-electron chi connectivity index (χ0n) is 11.8. The molecule has 0 saturated carbocycles. The molecular weight excluding hydrogens is 284 g/mol. The minimum atomic E-state index is -1.53. The van der Waals surface area contributed by atoms with Crippen molar-refractivity contribution in [1.82, 2.24) is 0 Å². The number of carboxylic acids is 1. The van der Waals surface area contributed by atoms with E-state index >= 15 is 0 Å². The Hall–Kier alpha value is -1.94. The van der Waals surface area contributed by atoms with Crippen molar-refractivity contribution >= 4 is 16.8 Å². The van der Waals surface area contributed by atoms with Crippen molar-refractivity contribution in [3.8, 4) is 0 Å². The average molecular weight is 302 g/mol. The molecule has 0 bridgehead atoms. The van der Waals surface area contributed by atoms with Gasteiger partial charge in [0.25, 0.3) is 0 Å². The molecule has 0 spiro atoms. The molecule has 0 aliphatic carbocycles. The summed E-state index contributed by atoms with van der Waals surface area (Å²) in [7, 11) is -1.53. The highest BCUT2D eigenvalue weighted by molar-refractivity contribution is 7.86. The molecular formula is C17H18O3S. The van der Waals surface area contributed by atoms with Gasteiger partial charge in [-0.3, -0.25) is 9.00 Å². The maximum absolute atomic E-state index is 12.8. The van der Waals surface area contributed by atoms with Gasteiger partial charge in [0.15, 0.2) is 0 Å². The quantitative estimate of drug-likeness (QED) is 0.890. The number of hydrogen-bond donors (Lipinski definition) is 1. The summed E-state index contributed by atoms with van der Waals surface area (Å²) >= 11 is 0. The summed E-state index contributed by atoms with van der Waals surface area (Å²) < 4.78 is 12.8. The predicted octanol–water partition coefficient (Wildman–Crippen LogP) is 3.39. The molecule has 0 aliphatic heterocycles. The van der Waals surface area contributed by atoms with Gasteiger partial charge in [0.05, 0.1) is 5.25 Å². The van der Waals surface area contributed by atoms with E-state index in [1.54, 1.807) is 6.92 Å². The number of carbonyl (C=O) groups is 1. The minimum Gasteiger partial charge on any atom is -0.480 e. The molecule has 1 N–H and O–H groups in total. The van der Waals surface area contributed by atoms with Crippen LogP contribution in [0.2, 0.25) is 0 Å². The van der Waals surface area contributed by atoms with E-state index in [1.807, 2.05) is 60.7 Å². The van der Waals surface area contributed by atoms with Crippen molar-refractivity contribution in [2.24, 2.45) is 0 Å². The molecule has 2 aromatic rings. The van der Waals surface area contributed by atoms with Crippen LogP contribution in [0.1, 0.15) is 29.7 Å². The number of carboxylic acid groups (broad SMARTS) is 1. The molecule has 0 heterocycles. The van der Waals surface area contributed by atoms with Gasteiger partial charge in [-0.1, -0.05) is 67.6 Å². The summed E-state index contributed by atoms with van der Waals surface area (Å²) in [6.45, 7) is 1.75. The molecule has 2 unspecified atom stereocenters. The highest BCUT2D eigenvalue weighted by atomic mass is 32.2. The molecule has 110 valence electrons. The highest BCUT2D eigenvalue weighted by Gasteiger charge is 2.31. The van der Waals surface area contributed by atoms with Gasteiger partial charge in [-0.2, -0.15) is 0 Å². The number of rotatable bonds is 6. The van der Waals surface area contributed by atoms with Gasteiger partial charge in [0, 0.05) is 10.8 Å². The van der Waals surface area contributed by atoms with Crippen LogP contribution in [0.5, 0.6) is 0 Å². The largest absolute Gasteiger partial charge is 0.480 e. The molecule has 2 atom stereocenters. The lowest BCUT2D eigenvalue weighted by Gasteiger charge is -2.21. The van der Waals surface area contributed by atoms with Crippen LogP contribution >= 0.6 is 0 Å². The molecule has 0 fully saturated rings. The summed E-state index contributed by atoms with van der Waals surface area (Å²) in [5.74, 6) is -1.01. The number of benzene rings is 2. The van der Waals surface area contributed by atoms with Crippen LogP contribution in [-0.2, 0) is 15.6 Å². The lowest BCUT2D eigenvalue weighted by molar-refractivity contribution is -0.136. The summed E-state index contributed by atoms with van der Waals surface area (Å²) in [6, 6.07) is 18.9. The number of aliphatic carboxylic acids is 1. The fourth-order valence-electron chi connectivity index (χ4n) is 2.32. The van der Waals surface area contributed by atoms with Crippen LogP contribution in [0.3, 0.4) is 0 Å². The Labute approximate surface area is 127 Å². The fourth-order valence-corrected chi connectivity index (χ4v) is 4.03. The second-order valence-corrected chi connectivity index (χ2v) is 6.46. The van der Waals surface area contributed by atoms with Crippen LogP contribution in [0.15, 0.2) is 60.7 Å². The highest BCUT2D eigenvalue weighted by Crippen LogP contribution is 2.31. The van der Waals surface area contributed by atoms with E-state index in [0.717, 1.165) is 11.1 Å². The lowest BCUT2D eigenvalue weighted by Crippen LogP contribution is -2.28. The third-order valence-corrected chi connectivity index (χ3v) is 5.47. The maximum atomic E-state index is 12.8. The van der Waals surface area contributed by atoms with Crippen molar-refractivity contribution in [2.45, 2.75) is 23.8 Å². The molecule has 0 aliphatic rings. The van der Waals surface area contributed by atoms with Gasteiger partial charge in [0.1, 0.15) is 5.25 Å². The molecule has 0 radical (unpaired) electrons. The topological polar surface area (TPSA) is 54.4 Å². The zero-order chi connectivity index (χ0) is 15.2. The van der Waals surface area contributed by atoms with E-state index in [1.165, 1.54) is 0 Å². The summed E-state index contributed by atoms with van der Waals surface area (Å²) in [4.78, 5) is 11.3. The van der Waals surface area contributed by atoms with Gasteiger partial charge in [-0.25, -0.2) is 0 Å². The first-order valence-electron chi connectivity index (χ1n) is 6.87. The SMILES string of the molecule is CCC(C(=O)O)S(=O)C(c1ccccc1)c1ccccc1. The normalized spacial score (nSPS) is 13.8. The summed E-state index contributed by atoms with van der Waals surface area (Å²) in [5, 5.41) is 8.01. The molecule has 0 saturated heterocycles. The average Bonchev–Trinajstić information content (AvgIpc) is 2.50. The van der Waals surface area contributed by atoms with Crippen molar-refractivity contribution < 1.29 is 14.1 Å². The number of hydrogen-bond acceptors (Lipinski definition) is 2. The fraction of sp³-hybridized carbons (Fsp3) is 0.235. The first kappa shape index (κ1) is 15.4. The Bertz CT molecular complexity index is 571. The van der Waals surface area contributed by atoms with Gasteiger partial charge >= 0.3 is 5.97 Å². The van der Waals surface area contributed by atoms with Gasteiger partial charge < -0.3 is 5.11 Å². The first-order chi connectivity index (χ1) is 10.1. The Kier molecular flexibility index (Phi) is 5.28. The Morgan fingerprint density at radius 3 is 1.76 bits per heavy atom. The molecule has 21 heavy (non-hydrogen) atoms. The second kappa shape index (κ2) is 7.18. The standard InChI is InChI=1S/C17H18O3S/c1-2-15(17(18)19)21(20)16(13-9-5-3-6-10-13)14-11-7-4-8-12-14/h3-12,15-16H,2H2,1H3,(H,18,19). The van der Waals surface area contributed by atoms with Crippen LogP contribution in [-0.4, -0.2) is 20.5 Å². The van der Waals surface area contributed by atoms with Crippen molar-refractivity contribution in [3.05, 3.63) is 71.8 Å². The van der Waals surface area contributed by atoms with E-state index in [-0.39, 0.29) is 0 Å². The third-order valence-electron chi connectivity index (χ3n) is 3.36. The van der Waals surface area contributed by atoms with E-state index in [0.29, 0.717) is 6.42 Å².